The fourth-order valence-corrected chi connectivity index (χ4v) is 2.82. The summed E-state index contributed by atoms with van der Waals surface area (Å²) in [6.45, 7) is 4.04. The minimum atomic E-state index is -0.394. The van der Waals surface area contributed by atoms with E-state index in [1.807, 2.05) is 31.2 Å². The molecule has 0 aliphatic carbocycles. The zero-order valence-electron chi connectivity index (χ0n) is 14.9. The maximum Gasteiger partial charge on any atom is 0.316 e. The number of ether oxygens (including phenoxy) is 2. The van der Waals surface area contributed by atoms with E-state index in [0.29, 0.717) is 41.2 Å². The van der Waals surface area contributed by atoms with E-state index in [1.54, 1.807) is 6.92 Å². The van der Waals surface area contributed by atoms with Gasteiger partial charge < -0.3 is 18.5 Å². The summed E-state index contributed by atoms with van der Waals surface area (Å²) < 4.78 is 20.7. The average molecular weight is 390 g/mol. The third-order valence-electron chi connectivity index (χ3n) is 3.27. The van der Waals surface area contributed by atoms with Gasteiger partial charge >= 0.3 is 5.97 Å². The number of hydrogen-bond acceptors (Lipinski definition) is 10. The summed E-state index contributed by atoms with van der Waals surface area (Å²) in [7, 11) is 0. The molecule has 1 aromatic carbocycles. The molecule has 27 heavy (non-hydrogen) atoms. The van der Waals surface area contributed by atoms with Crippen molar-refractivity contribution in [3.05, 3.63) is 41.9 Å². The van der Waals surface area contributed by atoms with Crippen molar-refractivity contribution in [2.24, 2.45) is 0 Å². The van der Waals surface area contributed by atoms with Crippen molar-refractivity contribution in [3.8, 4) is 17.1 Å². The number of para-hydroxylation sites is 1. The van der Waals surface area contributed by atoms with Crippen molar-refractivity contribution < 1.29 is 23.3 Å². The van der Waals surface area contributed by atoms with Crippen LogP contribution in [0.4, 0.5) is 0 Å². The zero-order valence-corrected chi connectivity index (χ0v) is 15.7. The Morgan fingerprint density at radius 1 is 1.19 bits per heavy atom. The van der Waals surface area contributed by atoms with Crippen LogP contribution in [0.15, 0.2) is 33.3 Å². The zero-order chi connectivity index (χ0) is 19.1. The van der Waals surface area contributed by atoms with Gasteiger partial charge in [0.05, 0.1) is 23.7 Å². The Labute approximate surface area is 159 Å². The molecule has 0 fully saturated rings. The predicted octanol–water partition coefficient (Wildman–Crippen LogP) is 2.80. The minimum absolute atomic E-state index is 0.0927. The Kier molecular flexibility index (Phi) is 6.42. The van der Waals surface area contributed by atoms with Crippen LogP contribution in [0, 0.1) is 6.92 Å². The monoisotopic (exact) mass is 390 g/mol. The molecule has 0 saturated carbocycles. The molecule has 3 rings (SSSR count). The highest BCUT2D eigenvalue weighted by molar-refractivity contribution is 7.99. The molecule has 9 nitrogen and oxygen atoms in total. The molecule has 0 N–H and O–H groups in total. The lowest BCUT2D eigenvalue weighted by molar-refractivity contribution is -0.142. The summed E-state index contributed by atoms with van der Waals surface area (Å²) in [4.78, 5) is 20.1. The first-order chi connectivity index (χ1) is 13.2. The van der Waals surface area contributed by atoms with Crippen LogP contribution in [0.2, 0.25) is 0 Å². The largest absolute Gasteiger partial charge is 0.493 e. The van der Waals surface area contributed by atoms with Gasteiger partial charge in [0, 0.05) is 6.92 Å². The van der Waals surface area contributed by atoms with E-state index >= 15 is 0 Å². The summed E-state index contributed by atoms with van der Waals surface area (Å²) >= 11 is 1.33. The molecule has 3 aromatic rings. The van der Waals surface area contributed by atoms with Gasteiger partial charge in [0.15, 0.2) is 12.4 Å². The van der Waals surface area contributed by atoms with Gasteiger partial charge in [0.1, 0.15) is 5.75 Å². The van der Waals surface area contributed by atoms with Gasteiger partial charge in [-0.3, -0.25) is 4.79 Å². The maximum atomic E-state index is 11.8. The van der Waals surface area contributed by atoms with Crippen LogP contribution in [0.5, 0.6) is 5.75 Å². The third kappa shape index (κ3) is 5.30. The van der Waals surface area contributed by atoms with Crippen LogP contribution in [0.25, 0.3) is 11.4 Å². The van der Waals surface area contributed by atoms with Gasteiger partial charge in [0.25, 0.3) is 5.89 Å². The van der Waals surface area contributed by atoms with Crippen molar-refractivity contribution in [1.82, 2.24) is 20.3 Å². The van der Waals surface area contributed by atoms with Crippen molar-refractivity contribution in [2.75, 3.05) is 12.4 Å². The Morgan fingerprint density at radius 3 is 2.81 bits per heavy atom. The van der Waals surface area contributed by atoms with Crippen LogP contribution >= 0.6 is 11.8 Å². The average Bonchev–Trinajstić information content (AvgIpc) is 3.30. The van der Waals surface area contributed by atoms with Crippen LogP contribution < -0.4 is 4.74 Å². The van der Waals surface area contributed by atoms with E-state index in [0.717, 1.165) is 0 Å². The lowest BCUT2D eigenvalue weighted by atomic mass is 10.2. The fraction of sp³-hybridized carbons (Fsp3) is 0.353. The van der Waals surface area contributed by atoms with E-state index in [9.17, 15) is 4.79 Å². The molecule has 0 bridgehead atoms. The summed E-state index contributed by atoms with van der Waals surface area (Å²) in [6.07, 6.45) is 0. The summed E-state index contributed by atoms with van der Waals surface area (Å²) in [5.74, 6) is 2.52. The summed E-state index contributed by atoms with van der Waals surface area (Å²) in [5, 5.41) is 7.68. The quantitative estimate of drug-likeness (QED) is 0.505. The van der Waals surface area contributed by atoms with Crippen LogP contribution in [-0.4, -0.2) is 38.6 Å². The molecule has 2 aromatic heterocycles. The molecule has 0 aliphatic rings. The van der Waals surface area contributed by atoms with Gasteiger partial charge in [-0.1, -0.05) is 22.4 Å². The van der Waals surface area contributed by atoms with Crippen molar-refractivity contribution >= 4 is 17.7 Å². The molecule has 0 amide bonds. The molecule has 0 radical (unpaired) electrons. The van der Waals surface area contributed by atoms with Gasteiger partial charge in [0.2, 0.25) is 11.7 Å². The minimum Gasteiger partial charge on any atom is -0.493 e. The number of benzene rings is 1. The molecule has 0 atom stereocenters. The van der Waals surface area contributed by atoms with Gasteiger partial charge in [-0.25, -0.2) is 0 Å². The number of rotatable bonds is 9. The van der Waals surface area contributed by atoms with Crippen LogP contribution in [0.3, 0.4) is 0 Å². The Hall–Kier alpha value is -2.88. The molecule has 0 spiro atoms. The first-order valence-electron chi connectivity index (χ1n) is 8.23. The molecule has 0 saturated heterocycles. The first kappa shape index (κ1) is 18.9. The molecule has 142 valence electrons. The number of aromatic nitrogens is 4. The Bertz CT molecular complexity index is 895. The van der Waals surface area contributed by atoms with E-state index in [1.165, 1.54) is 11.8 Å². The van der Waals surface area contributed by atoms with Crippen LogP contribution in [-0.2, 0) is 21.9 Å². The molecule has 0 unspecified atom stereocenters. The first-order valence-corrected chi connectivity index (χ1v) is 9.38. The standard InChI is InChI=1S/C17H18N4O5S/c1-3-23-13-7-5-4-6-12(13)17-19-15(26-21-17)8-24-16(22)10-27-9-14-18-11(2)25-20-14/h4-7H,3,8-10H2,1-2H3. The summed E-state index contributed by atoms with van der Waals surface area (Å²) in [5.41, 5.74) is 0.714. The number of carbonyl (C=O) groups is 1. The summed E-state index contributed by atoms with van der Waals surface area (Å²) in [6, 6.07) is 7.39. The van der Waals surface area contributed by atoms with Gasteiger partial charge in [-0.2, -0.15) is 9.97 Å². The van der Waals surface area contributed by atoms with Crippen molar-refractivity contribution in [1.29, 1.82) is 0 Å². The smallest absolute Gasteiger partial charge is 0.316 e. The van der Waals surface area contributed by atoms with E-state index in [2.05, 4.69) is 20.3 Å². The van der Waals surface area contributed by atoms with Crippen molar-refractivity contribution in [2.45, 2.75) is 26.2 Å². The highest BCUT2D eigenvalue weighted by Crippen LogP contribution is 2.27. The number of carbonyl (C=O) groups excluding carboxylic acids is 1. The number of thioether (sulfide) groups is 1. The molecule has 2 heterocycles. The number of aryl methyl sites for hydroxylation is 1. The highest BCUT2D eigenvalue weighted by Gasteiger charge is 2.14. The second-order valence-corrected chi connectivity index (χ2v) is 6.31. The molecular formula is C17H18N4O5S. The SMILES string of the molecule is CCOc1ccccc1-c1noc(COC(=O)CSCc2noc(C)n2)n1. The topological polar surface area (TPSA) is 113 Å². The molecular weight excluding hydrogens is 372 g/mol. The number of esters is 1. The van der Waals surface area contributed by atoms with E-state index < -0.39 is 5.97 Å². The van der Waals surface area contributed by atoms with E-state index in [4.69, 9.17) is 18.5 Å². The third-order valence-corrected chi connectivity index (χ3v) is 4.18. The van der Waals surface area contributed by atoms with Crippen LogP contribution in [0.1, 0.15) is 24.5 Å². The lowest BCUT2D eigenvalue weighted by Gasteiger charge is -2.06. The second-order valence-electron chi connectivity index (χ2n) is 5.32. The Morgan fingerprint density at radius 2 is 2.04 bits per heavy atom. The van der Waals surface area contributed by atoms with Crippen molar-refractivity contribution in [3.63, 3.8) is 0 Å². The van der Waals surface area contributed by atoms with Gasteiger partial charge in [-0.05, 0) is 19.1 Å². The predicted molar refractivity (Wildman–Crippen MR) is 95.9 cm³/mol. The van der Waals surface area contributed by atoms with E-state index in [-0.39, 0.29) is 18.3 Å². The maximum absolute atomic E-state index is 11.8. The highest BCUT2D eigenvalue weighted by atomic mass is 32.2. The second kappa shape index (κ2) is 9.17. The normalized spacial score (nSPS) is 10.7. The molecule has 0 aliphatic heterocycles. The molecule has 10 heteroatoms. The number of nitrogens with zero attached hydrogens (tertiary/aromatic N) is 4. The number of hydrogen-bond donors (Lipinski definition) is 0. The fourth-order valence-electron chi connectivity index (χ4n) is 2.17. The lowest BCUT2D eigenvalue weighted by Crippen LogP contribution is -2.08. The Balaban J connectivity index is 1.48. The van der Waals surface area contributed by atoms with Gasteiger partial charge in [-0.15, -0.1) is 11.8 Å².